The van der Waals surface area contributed by atoms with Gasteiger partial charge in [0.2, 0.25) is 0 Å². The summed E-state index contributed by atoms with van der Waals surface area (Å²) in [6.45, 7) is 3.00. The molecule has 2 aromatic rings. The topological polar surface area (TPSA) is 47.7 Å². The number of aryl methyl sites for hydroxylation is 2. The van der Waals surface area contributed by atoms with Gasteiger partial charge in [-0.1, -0.05) is 0 Å². The normalized spacial score (nSPS) is 12.9. The summed E-state index contributed by atoms with van der Waals surface area (Å²) in [7, 11) is 3.90. The minimum Gasteiger partial charge on any atom is -0.311 e. The van der Waals surface area contributed by atoms with Crippen LogP contribution in [0, 0.1) is 0 Å². The third kappa shape index (κ3) is 2.74. The highest BCUT2D eigenvalue weighted by atomic mass is 15.3. The Bertz CT molecular complexity index is 471. The molecule has 5 heteroatoms. The summed E-state index contributed by atoms with van der Waals surface area (Å²) in [5.41, 5.74) is 2.30. The number of hydrogen-bond acceptors (Lipinski definition) is 3. The smallest absolute Gasteiger partial charge is 0.0797 e. The van der Waals surface area contributed by atoms with Crippen LogP contribution in [0.5, 0.6) is 0 Å². The molecule has 2 rings (SSSR count). The van der Waals surface area contributed by atoms with E-state index in [4.69, 9.17) is 0 Å². The van der Waals surface area contributed by atoms with Crippen LogP contribution < -0.4 is 5.32 Å². The molecule has 2 heterocycles. The van der Waals surface area contributed by atoms with Crippen molar-refractivity contribution >= 4 is 0 Å². The van der Waals surface area contributed by atoms with E-state index in [0.29, 0.717) is 0 Å². The Hall–Kier alpha value is -1.62. The molecule has 0 saturated carbocycles. The van der Waals surface area contributed by atoms with Crippen LogP contribution in [0.1, 0.15) is 24.2 Å². The molecule has 0 aliphatic heterocycles. The lowest BCUT2D eigenvalue weighted by Crippen LogP contribution is -2.19. The number of nitrogens with zero attached hydrogens (tertiary/aromatic N) is 4. The summed E-state index contributed by atoms with van der Waals surface area (Å²) in [5.74, 6) is 0. The molecule has 0 bridgehead atoms. The van der Waals surface area contributed by atoms with Crippen LogP contribution in [0.3, 0.4) is 0 Å². The number of nitrogens with one attached hydrogen (secondary N) is 1. The summed E-state index contributed by atoms with van der Waals surface area (Å²) in [6.07, 6.45) is 6.90. The molecule has 0 radical (unpaired) electrons. The average molecular weight is 233 g/mol. The molecular weight excluding hydrogens is 214 g/mol. The van der Waals surface area contributed by atoms with Crippen molar-refractivity contribution < 1.29 is 0 Å². The van der Waals surface area contributed by atoms with E-state index in [1.165, 1.54) is 5.56 Å². The minimum atomic E-state index is 0.241. The van der Waals surface area contributed by atoms with Crippen LogP contribution in [0.15, 0.2) is 24.7 Å². The standard InChI is InChI=1S/C12H19N5/c1-4-17-9-10(8-14-17)7-12(13-2)11-5-6-16(3)15-11/h5-6,8-9,12-13H,4,7H2,1-3H3. The van der Waals surface area contributed by atoms with Gasteiger partial charge in [0.25, 0.3) is 0 Å². The van der Waals surface area contributed by atoms with E-state index in [9.17, 15) is 0 Å². The number of aromatic nitrogens is 4. The first-order chi connectivity index (χ1) is 8.22. The van der Waals surface area contributed by atoms with Gasteiger partial charge in [-0.25, -0.2) is 0 Å². The van der Waals surface area contributed by atoms with Gasteiger partial charge < -0.3 is 5.32 Å². The van der Waals surface area contributed by atoms with Crippen LogP contribution >= 0.6 is 0 Å². The average Bonchev–Trinajstić information content (AvgIpc) is 2.94. The van der Waals surface area contributed by atoms with Crippen LogP contribution in [-0.4, -0.2) is 26.6 Å². The van der Waals surface area contributed by atoms with Crippen molar-refractivity contribution in [3.05, 3.63) is 35.9 Å². The van der Waals surface area contributed by atoms with Crippen molar-refractivity contribution in [3.8, 4) is 0 Å². The lowest BCUT2D eigenvalue weighted by Gasteiger charge is -2.12. The number of likely N-dealkylation sites (N-methyl/N-ethyl adjacent to an activating group) is 1. The quantitative estimate of drug-likeness (QED) is 0.842. The third-order valence-corrected chi connectivity index (χ3v) is 2.89. The summed E-state index contributed by atoms with van der Waals surface area (Å²) < 4.78 is 3.77. The van der Waals surface area contributed by atoms with Gasteiger partial charge in [0.15, 0.2) is 0 Å². The second-order valence-corrected chi connectivity index (χ2v) is 4.16. The maximum Gasteiger partial charge on any atom is 0.0797 e. The van der Waals surface area contributed by atoms with E-state index in [1.54, 1.807) is 0 Å². The Morgan fingerprint density at radius 3 is 2.82 bits per heavy atom. The Kier molecular flexibility index (Phi) is 3.58. The van der Waals surface area contributed by atoms with E-state index < -0.39 is 0 Å². The summed E-state index contributed by atoms with van der Waals surface area (Å²) in [5, 5.41) is 12.0. The Labute approximate surface area is 101 Å². The largest absolute Gasteiger partial charge is 0.311 e. The highest BCUT2D eigenvalue weighted by Crippen LogP contribution is 2.15. The van der Waals surface area contributed by atoms with Crippen molar-refractivity contribution in [2.24, 2.45) is 7.05 Å². The summed E-state index contributed by atoms with van der Waals surface area (Å²) in [4.78, 5) is 0. The maximum atomic E-state index is 4.43. The van der Waals surface area contributed by atoms with E-state index in [2.05, 4.69) is 28.6 Å². The van der Waals surface area contributed by atoms with E-state index >= 15 is 0 Å². The number of rotatable bonds is 5. The van der Waals surface area contributed by atoms with Crippen LogP contribution in [0.25, 0.3) is 0 Å². The van der Waals surface area contributed by atoms with Gasteiger partial charge in [0.05, 0.1) is 17.9 Å². The zero-order chi connectivity index (χ0) is 12.3. The van der Waals surface area contributed by atoms with E-state index in [1.807, 2.05) is 41.9 Å². The number of hydrogen-bond donors (Lipinski definition) is 1. The predicted octanol–water partition coefficient (Wildman–Crippen LogP) is 1.14. The second kappa shape index (κ2) is 5.14. The molecule has 0 spiro atoms. The molecular formula is C12H19N5. The molecule has 5 nitrogen and oxygen atoms in total. The first kappa shape index (κ1) is 11.9. The van der Waals surface area contributed by atoms with E-state index in [-0.39, 0.29) is 6.04 Å². The van der Waals surface area contributed by atoms with Gasteiger partial charge in [-0.3, -0.25) is 9.36 Å². The molecule has 1 atom stereocenters. The van der Waals surface area contributed by atoms with Gasteiger partial charge >= 0.3 is 0 Å². The fourth-order valence-corrected chi connectivity index (χ4v) is 1.89. The zero-order valence-corrected chi connectivity index (χ0v) is 10.6. The Morgan fingerprint density at radius 1 is 1.47 bits per heavy atom. The lowest BCUT2D eigenvalue weighted by molar-refractivity contribution is 0.562. The van der Waals surface area contributed by atoms with Crippen molar-refractivity contribution in [1.82, 2.24) is 24.9 Å². The van der Waals surface area contributed by atoms with E-state index in [0.717, 1.165) is 18.7 Å². The van der Waals surface area contributed by atoms with Crippen LogP contribution in [0.4, 0.5) is 0 Å². The van der Waals surface area contributed by atoms with Crippen molar-refractivity contribution in [2.45, 2.75) is 25.9 Å². The van der Waals surface area contributed by atoms with Gasteiger partial charge in [0.1, 0.15) is 0 Å². The molecule has 17 heavy (non-hydrogen) atoms. The molecule has 2 aromatic heterocycles. The molecule has 1 unspecified atom stereocenters. The van der Waals surface area contributed by atoms with Crippen molar-refractivity contribution in [3.63, 3.8) is 0 Å². The highest BCUT2D eigenvalue weighted by molar-refractivity contribution is 5.13. The monoisotopic (exact) mass is 233 g/mol. The maximum absolute atomic E-state index is 4.43. The van der Waals surface area contributed by atoms with Crippen LogP contribution in [0.2, 0.25) is 0 Å². The fourth-order valence-electron chi connectivity index (χ4n) is 1.89. The molecule has 0 aliphatic carbocycles. The zero-order valence-electron chi connectivity index (χ0n) is 10.6. The van der Waals surface area contributed by atoms with Gasteiger partial charge in [-0.15, -0.1) is 0 Å². The second-order valence-electron chi connectivity index (χ2n) is 4.16. The van der Waals surface area contributed by atoms with Crippen molar-refractivity contribution in [2.75, 3.05) is 7.05 Å². The van der Waals surface area contributed by atoms with Gasteiger partial charge in [-0.05, 0) is 32.0 Å². The third-order valence-electron chi connectivity index (χ3n) is 2.89. The SMILES string of the molecule is CCn1cc(CC(NC)c2ccn(C)n2)cn1. The summed E-state index contributed by atoms with van der Waals surface area (Å²) >= 11 is 0. The first-order valence-corrected chi connectivity index (χ1v) is 5.91. The molecule has 1 N–H and O–H groups in total. The first-order valence-electron chi connectivity index (χ1n) is 5.91. The minimum absolute atomic E-state index is 0.241. The van der Waals surface area contributed by atoms with Crippen LogP contribution in [-0.2, 0) is 20.0 Å². The van der Waals surface area contributed by atoms with Gasteiger partial charge in [-0.2, -0.15) is 10.2 Å². The molecule has 0 aromatic carbocycles. The Balaban J connectivity index is 2.09. The molecule has 0 fully saturated rings. The highest BCUT2D eigenvalue weighted by Gasteiger charge is 2.13. The van der Waals surface area contributed by atoms with Crippen molar-refractivity contribution in [1.29, 1.82) is 0 Å². The predicted molar refractivity (Wildman–Crippen MR) is 66.6 cm³/mol. The molecule has 0 saturated heterocycles. The molecule has 0 amide bonds. The molecule has 92 valence electrons. The molecule has 0 aliphatic rings. The summed E-state index contributed by atoms with van der Waals surface area (Å²) in [6, 6.07) is 2.29. The Morgan fingerprint density at radius 2 is 2.29 bits per heavy atom. The lowest BCUT2D eigenvalue weighted by atomic mass is 10.1. The fraction of sp³-hybridized carbons (Fsp3) is 0.500. The van der Waals surface area contributed by atoms with Gasteiger partial charge in [0, 0.05) is 26.0 Å².